The third-order valence-corrected chi connectivity index (χ3v) is 2.57. The predicted octanol–water partition coefficient (Wildman–Crippen LogP) is 2.35. The van der Waals surface area contributed by atoms with Crippen molar-refractivity contribution < 1.29 is 0 Å². The molecule has 1 N–H and O–H groups in total. The van der Waals surface area contributed by atoms with E-state index < -0.39 is 0 Å². The molecule has 0 rings (SSSR count). The van der Waals surface area contributed by atoms with Crippen LogP contribution >= 0.6 is 0 Å². The summed E-state index contributed by atoms with van der Waals surface area (Å²) in [5, 5.41) is 3.45. The summed E-state index contributed by atoms with van der Waals surface area (Å²) in [7, 11) is 2.23. The van der Waals surface area contributed by atoms with Gasteiger partial charge < -0.3 is 10.2 Å². The molecule has 0 amide bonds. The number of nitrogens with one attached hydrogen (secondary N) is 1. The van der Waals surface area contributed by atoms with Crippen molar-refractivity contribution in [2.75, 3.05) is 26.7 Å². The molecule has 1 atom stereocenters. The van der Waals surface area contributed by atoms with Crippen LogP contribution in [0.4, 0.5) is 0 Å². The molecule has 0 bridgehead atoms. The maximum atomic E-state index is 3.45. The van der Waals surface area contributed by atoms with Gasteiger partial charge in [0, 0.05) is 12.6 Å². The zero-order valence-electron chi connectivity index (χ0n) is 10.6. The maximum absolute atomic E-state index is 3.45. The molecule has 0 aromatic rings. The summed E-state index contributed by atoms with van der Waals surface area (Å²) in [6.07, 6.45) is 2.49. The summed E-state index contributed by atoms with van der Waals surface area (Å²) in [5.41, 5.74) is 0. The Balaban J connectivity index is 3.46. The summed E-state index contributed by atoms with van der Waals surface area (Å²) in [5.74, 6) is 0.769. The van der Waals surface area contributed by atoms with E-state index >= 15 is 0 Å². The van der Waals surface area contributed by atoms with E-state index in [1.54, 1.807) is 0 Å². The van der Waals surface area contributed by atoms with Gasteiger partial charge in [-0.2, -0.15) is 0 Å². The fraction of sp³-hybridized carbons (Fsp3) is 1.00. The van der Waals surface area contributed by atoms with Gasteiger partial charge in [0.25, 0.3) is 0 Å². The Morgan fingerprint density at radius 2 is 1.79 bits per heavy atom. The third kappa shape index (κ3) is 7.34. The molecule has 86 valence electrons. The molecule has 2 heteroatoms. The Kier molecular flexibility index (Phi) is 8.20. The van der Waals surface area contributed by atoms with E-state index in [2.05, 4.69) is 45.0 Å². The van der Waals surface area contributed by atoms with Crippen LogP contribution < -0.4 is 5.32 Å². The van der Waals surface area contributed by atoms with Crippen molar-refractivity contribution in [3.63, 3.8) is 0 Å². The van der Waals surface area contributed by atoms with Gasteiger partial charge >= 0.3 is 0 Å². The largest absolute Gasteiger partial charge is 0.317 e. The Bertz CT molecular complexity index is 123. The van der Waals surface area contributed by atoms with Gasteiger partial charge in [-0.1, -0.05) is 20.8 Å². The standard InChI is InChI=1S/C12H28N2/c1-6-8-13-9-7-12(4)14(5)10-11(2)3/h11-13H,6-10H2,1-5H3. The fourth-order valence-electron chi connectivity index (χ4n) is 1.59. The Morgan fingerprint density at radius 1 is 1.14 bits per heavy atom. The quantitative estimate of drug-likeness (QED) is 0.605. The molecule has 0 aliphatic heterocycles. The van der Waals surface area contributed by atoms with Crippen LogP contribution in [0.5, 0.6) is 0 Å². The topological polar surface area (TPSA) is 15.3 Å². The summed E-state index contributed by atoms with van der Waals surface area (Å²) >= 11 is 0. The second kappa shape index (κ2) is 8.25. The molecule has 0 spiro atoms. The van der Waals surface area contributed by atoms with E-state index in [9.17, 15) is 0 Å². The first-order valence-corrected chi connectivity index (χ1v) is 5.98. The second-order valence-corrected chi connectivity index (χ2v) is 4.72. The lowest BCUT2D eigenvalue weighted by atomic mass is 10.1. The van der Waals surface area contributed by atoms with Crippen molar-refractivity contribution in [1.82, 2.24) is 10.2 Å². The van der Waals surface area contributed by atoms with Crippen molar-refractivity contribution in [3.05, 3.63) is 0 Å². The first-order chi connectivity index (χ1) is 6.57. The molecule has 0 aromatic heterocycles. The molecule has 0 aromatic carbocycles. The normalized spacial score (nSPS) is 13.9. The minimum absolute atomic E-state index is 0.696. The minimum Gasteiger partial charge on any atom is -0.317 e. The molecule has 0 radical (unpaired) electrons. The molecule has 0 aliphatic carbocycles. The Hall–Kier alpha value is -0.0800. The van der Waals surface area contributed by atoms with Crippen LogP contribution in [-0.2, 0) is 0 Å². The highest BCUT2D eigenvalue weighted by Crippen LogP contribution is 2.04. The molecule has 0 fully saturated rings. The van der Waals surface area contributed by atoms with Crippen LogP contribution in [-0.4, -0.2) is 37.6 Å². The van der Waals surface area contributed by atoms with Crippen LogP contribution in [0.3, 0.4) is 0 Å². The number of hydrogen-bond acceptors (Lipinski definition) is 2. The van der Waals surface area contributed by atoms with E-state index in [1.165, 1.54) is 19.4 Å². The van der Waals surface area contributed by atoms with Gasteiger partial charge in [0.05, 0.1) is 0 Å². The van der Waals surface area contributed by atoms with Crippen molar-refractivity contribution in [1.29, 1.82) is 0 Å². The number of nitrogens with zero attached hydrogens (tertiary/aromatic N) is 1. The zero-order chi connectivity index (χ0) is 11.0. The molecular weight excluding hydrogens is 172 g/mol. The third-order valence-electron chi connectivity index (χ3n) is 2.57. The molecule has 0 aliphatic rings. The van der Waals surface area contributed by atoms with E-state index in [0.717, 1.165) is 19.0 Å². The highest BCUT2D eigenvalue weighted by Gasteiger charge is 2.09. The average molecular weight is 200 g/mol. The van der Waals surface area contributed by atoms with E-state index in [-0.39, 0.29) is 0 Å². The van der Waals surface area contributed by atoms with Crippen molar-refractivity contribution >= 4 is 0 Å². The maximum Gasteiger partial charge on any atom is 0.00760 e. The first kappa shape index (κ1) is 13.9. The minimum atomic E-state index is 0.696. The summed E-state index contributed by atoms with van der Waals surface area (Å²) < 4.78 is 0. The molecule has 0 saturated heterocycles. The van der Waals surface area contributed by atoms with Gasteiger partial charge in [-0.25, -0.2) is 0 Å². The molecule has 0 saturated carbocycles. The summed E-state index contributed by atoms with van der Waals surface area (Å²) in [6.45, 7) is 12.6. The fourth-order valence-corrected chi connectivity index (χ4v) is 1.59. The highest BCUT2D eigenvalue weighted by molar-refractivity contribution is 4.65. The first-order valence-electron chi connectivity index (χ1n) is 5.98. The van der Waals surface area contributed by atoms with E-state index in [4.69, 9.17) is 0 Å². The Labute approximate surface area is 90.1 Å². The molecule has 0 heterocycles. The zero-order valence-corrected chi connectivity index (χ0v) is 10.6. The van der Waals surface area contributed by atoms with Crippen LogP contribution in [0.25, 0.3) is 0 Å². The smallest absolute Gasteiger partial charge is 0.00760 e. The van der Waals surface area contributed by atoms with Crippen LogP contribution in [0.2, 0.25) is 0 Å². The SMILES string of the molecule is CCCNCCC(C)N(C)CC(C)C. The molecule has 1 unspecified atom stereocenters. The van der Waals surface area contributed by atoms with Crippen molar-refractivity contribution in [3.8, 4) is 0 Å². The van der Waals surface area contributed by atoms with Crippen molar-refractivity contribution in [2.24, 2.45) is 5.92 Å². The molecule has 2 nitrogen and oxygen atoms in total. The van der Waals surface area contributed by atoms with E-state index in [1.807, 2.05) is 0 Å². The monoisotopic (exact) mass is 200 g/mol. The molecular formula is C12H28N2. The average Bonchev–Trinajstić information content (AvgIpc) is 2.11. The van der Waals surface area contributed by atoms with Crippen molar-refractivity contribution in [2.45, 2.75) is 46.6 Å². The van der Waals surface area contributed by atoms with Gasteiger partial charge in [0.2, 0.25) is 0 Å². The van der Waals surface area contributed by atoms with Gasteiger partial charge in [0.1, 0.15) is 0 Å². The lowest BCUT2D eigenvalue weighted by Gasteiger charge is -2.26. The second-order valence-electron chi connectivity index (χ2n) is 4.72. The Morgan fingerprint density at radius 3 is 2.29 bits per heavy atom. The van der Waals surface area contributed by atoms with E-state index in [0.29, 0.717) is 6.04 Å². The highest BCUT2D eigenvalue weighted by atomic mass is 15.1. The van der Waals surface area contributed by atoms with Crippen LogP contribution in [0, 0.1) is 5.92 Å². The van der Waals surface area contributed by atoms with Crippen LogP contribution in [0.1, 0.15) is 40.5 Å². The van der Waals surface area contributed by atoms with Gasteiger partial charge in [-0.15, -0.1) is 0 Å². The number of rotatable bonds is 8. The number of hydrogen-bond donors (Lipinski definition) is 1. The lowest BCUT2D eigenvalue weighted by molar-refractivity contribution is 0.220. The van der Waals surface area contributed by atoms with Gasteiger partial charge in [-0.05, 0) is 45.8 Å². The van der Waals surface area contributed by atoms with Gasteiger partial charge in [-0.3, -0.25) is 0 Å². The summed E-state index contributed by atoms with van der Waals surface area (Å²) in [4.78, 5) is 2.46. The lowest BCUT2D eigenvalue weighted by Crippen LogP contribution is -2.34. The van der Waals surface area contributed by atoms with Crippen LogP contribution in [0.15, 0.2) is 0 Å². The molecule has 14 heavy (non-hydrogen) atoms. The van der Waals surface area contributed by atoms with Gasteiger partial charge in [0.15, 0.2) is 0 Å². The summed E-state index contributed by atoms with van der Waals surface area (Å²) in [6, 6.07) is 0.696. The predicted molar refractivity (Wildman–Crippen MR) is 64.7 cm³/mol.